The summed E-state index contributed by atoms with van der Waals surface area (Å²) in [7, 11) is 0. The summed E-state index contributed by atoms with van der Waals surface area (Å²) in [4.78, 5) is 2.53. The predicted molar refractivity (Wildman–Crippen MR) is 80.1 cm³/mol. The topological polar surface area (TPSA) is 23.5 Å². The molecule has 19 heavy (non-hydrogen) atoms. The van der Waals surface area contributed by atoms with Gasteiger partial charge in [0, 0.05) is 12.1 Å². The smallest absolute Gasteiger partial charge is 0.0942 e. The van der Waals surface area contributed by atoms with Crippen LogP contribution in [0.4, 0.5) is 0 Å². The van der Waals surface area contributed by atoms with Crippen molar-refractivity contribution in [1.82, 2.24) is 4.90 Å². The lowest BCUT2D eigenvalue weighted by Crippen LogP contribution is -2.44. The summed E-state index contributed by atoms with van der Waals surface area (Å²) in [5, 5.41) is 10.6. The number of rotatable bonds is 4. The molecular weight excluding hydrogens is 234 g/mol. The average Bonchev–Trinajstić information content (AvgIpc) is 2.71. The first-order valence-corrected chi connectivity index (χ1v) is 7.72. The molecule has 1 heterocycles. The minimum Gasteiger partial charge on any atom is -0.387 e. The van der Waals surface area contributed by atoms with Gasteiger partial charge in [0.05, 0.1) is 6.10 Å². The van der Waals surface area contributed by atoms with Crippen molar-refractivity contribution in [2.45, 2.75) is 64.1 Å². The summed E-state index contributed by atoms with van der Waals surface area (Å²) in [5.41, 5.74) is 1.04. The van der Waals surface area contributed by atoms with E-state index in [1.165, 1.54) is 32.1 Å². The summed E-state index contributed by atoms with van der Waals surface area (Å²) in [6.45, 7) is 5.57. The van der Waals surface area contributed by atoms with E-state index in [4.69, 9.17) is 0 Å². The van der Waals surface area contributed by atoms with Gasteiger partial charge in [-0.05, 0) is 38.3 Å². The van der Waals surface area contributed by atoms with Crippen LogP contribution in [0.15, 0.2) is 30.3 Å². The first-order chi connectivity index (χ1) is 9.24. The van der Waals surface area contributed by atoms with Crippen molar-refractivity contribution in [1.29, 1.82) is 0 Å². The Morgan fingerprint density at radius 3 is 2.63 bits per heavy atom. The fraction of sp³-hybridized carbons (Fsp3) is 0.647. The van der Waals surface area contributed by atoms with Crippen molar-refractivity contribution in [3.63, 3.8) is 0 Å². The van der Waals surface area contributed by atoms with Crippen molar-refractivity contribution >= 4 is 0 Å². The maximum atomic E-state index is 10.6. The number of aliphatic hydroxyl groups excluding tert-OH is 1. The second-order valence-corrected chi connectivity index (χ2v) is 5.75. The Bertz CT molecular complexity index is 365. The molecule has 1 aliphatic heterocycles. The molecule has 3 unspecified atom stereocenters. The molecular formula is C17H27NO. The molecule has 2 nitrogen and oxygen atoms in total. The Morgan fingerprint density at radius 2 is 1.95 bits per heavy atom. The molecule has 2 heteroatoms. The molecule has 0 saturated carbocycles. The molecule has 106 valence electrons. The summed E-state index contributed by atoms with van der Waals surface area (Å²) in [6, 6.07) is 10.9. The number of aliphatic hydroxyl groups is 1. The maximum absolute atomic E-state index is 10.6. The first-order valence-electron chi connectivity index (χ1n) is 7.72. The van der Waals surface area contributed by atoms with Crippen molar-refractivity contribution in [2.24, 2.45) is 0 Å². The van der Waals surface area contributed by atoms with Crippen LogP contribution in [0.1, 0.15) is 57.6 Å². The van der Waals surface area contributed by atoms with E-state index < -0.39 is 0 Å². The maximum Gasteiger partial charge on any atom is 0.0942 e. The van der Waals surface area contributed by atoms with Gasteiger partial charge >= 0.3 is 0 Å². The van der Waals surface area contributed by atoms with Crippen LogP contribution >= 0.6 is 0 Å². The third-order valence-electron chi connectivity index (χ3n) is 4.52. The highest BCUT2D eigenvalue weighted by atomic mass is 16.3. The SMILES string of the molecule is CCC1CCCCCN1C(C)C(O)c1ccccc1. The van der Waals surface area contributed by atoms with Gasteiger partial charge in [0.2, 0.25) is 0 Å². The lowest BCUT2D eigenvalue weighted by Gasteiger charge is -2.37. The van der Waals surface area contributed by atoms with E-state index in [9.17, 15) is 5.11 Å². The quantitative estimate of drug-likeness (QED) is 0.892. The largest absolute Gasteiger partial charge is 0.387 e. The molecule has 1 aromatic rings. The zero-order chi connectivity index (χ0) is 13.7. The zero-order valence-corrected chi connectivity index (χ0v) is 12.3. The Kier molecular flexibility index (Phi) is 5.41. The van der Waals surface area contributed by atoms with E-state index in [0.29, 0.717) is 6.04 Å². The molecule has 0 spiro atoms. The van der Waals surface area contributed by atoms with Gasteiger partial charge in [0.25, 0.3) is 0 Å². The number of hydrogen-bond donors (Lipinski definition) is 1. The third kappa shape index (κ3) is 3.58. The van der Waals surface area contributed by atoms with Crippen LogP contribution in [0.2, 0.25) is 0 Å². The minimum atomic E-state index is -0.381. The fourth-order valence-corrected chi connectivity index (χ4v) is 3.28. The molecule has 1 aromatic carbocycles. The molecule has 0 aromatic heterocycles. The Morgan fingerprint density at radius 1 is 1.21 bits per heavy atom. The molecule has 0 aliphatic carbocycles. The highest BCUT2D eigenvalue weighted by Crippen LogP contribution is 2.27. The lowest BCUT2D eigenvalue weighted by atomic mass is 9.99. The molecule has 0 amide bonds. The normalized spacial score (nSPS) is 24.7. The molecule has 1 saturated heterocycles. The minimum absolute atomic E-state index is 0.199. The molecule has 1 N–H and O–H groups in total. The zero-order valence-electron chi connectivity index (χ0n) is 12.3. The van der Waals surface area contributed by atoms with Gasteiger partial charge in [-0.1, -0.05) is 50.1 Å². The van der Waals surface area contributed by atoms with Gasteiger partial charge in [-0.25, -0.2) is 0 Å². The second kappa shape index (κ2) is 7.06. The van der Waals surface area contributed by atoms with Crippen molar-refractivity contribution < 1.29 is 5.11 Å². The Hall–Kier alpha value is -0.860. The van der Waals surface area contributed by atoms with Gasteiger partial charge < -0.3 is 5.11 Å². The number of nitrogens with zero attached hydrogens (tertiary/aromatic N) is 1. The van der Waals surface area contributed by atoms with E-state index in [1.54, 1.807) is 0 Å². The van der Waals surface area contributed by atoms with Gasteiger partial charge in [0.15, 0.2) is 0 Å². The van der Waals surface area contributed by atoms with E-state index in [1.807, 2.05) is 30.3 Å². The first kappa shape index (κ1) is 14.5. The van der Waals surface area contributed by atoms with E-state index >= 15 is 0 Å². The average molecular weight is 261 g/mol. The molecule has 1 fully saturated rings. The predicted octanol–water partition coefficient (Wildman–Crippen LogP) is 3.76. The Balaban J connectivity index is 2.10. The van der Waals surface area contributed by atoms with Crippen LogP contribution in [-0.2, 0) is 0 Å². The summed E-state index contributed by atoms with van der Waals surface area (Å²) in [6.07, 6.45) is 6.02. The van der Waals surface area contributed by atoms with E-state index in [-0.39, 0.29) is 12.1 Å². The third-order valence-corrected chi connectivity index (χ3v) is 4.52. The van der Waals surface area contributed by atoms with E-state index in [2.05, 4.69) is 18.7 Å². The molecule has 2 rings (SSSR count). The van der Waals surface area contributed by atoms with Crippen LogP contribution in [0.3, 0.4) is 0 Å². The summed E-state index contributed by atoms with van der Waals surface area (Å²) >= 11 is 0. The van der Waals surface area contributed by atoms with Gasteiger partial charge in [0.1, 0.15) is 0 Å². The summed E-state index contributed by atoms with van der Waals surface area (Å²) < 4.78 is 0. The standard InChI is InChI=1S/C17H27NO/c1-3-16-12-8-5-9-13-18(16)14(2)17(19)15-10-6-4-7-11-15/h4,6-7,10-11,14,16-17,19H,3,5,8-9,12-13H2,1-2H3. The highest BCUT2D eigenvalue weighted by molar-refractivity contribution is 5.18. The fourth-order valence-electron chi connectivity index (χ4n) is 3.28. The van der Waals surface area contributed by atoms with Crippen molar-refractivity contribution in [3.8, 4) is 0 Å². The van der Waals surface area contributed by atoms with E-state index in [0.717, 1.165) is 12.1 Å². The van der Waals surface area contributed by atoms with Crippen LogP contribution in [0, 0.1) is 0 Å². The monoisotopic (exact) mass is 261 g/mol. The Labute approximate surface area is 117 Å². The highest BCUT2D eigenvalue weighted by Gasteiger charge is 2.28. The van der Waals surface area contributed by atoms with Gasteiger partial charge in [-0.3, -0.25) is 4.90 Å². The number of hydrogen-bond acceptors (Lipinski definition) is 2. The van der Waals surface area contributed by atoms with Crippen molar-refractivity contribution in [2.75, 3.05) is 6.54 Å². The molecule has 0 radical (unpaired) electrons. The van der Waals surface area contributed by atoms with Gasteiger partial charge in [-0.15, -0.1) is 0 Å². The number of benzene rings is 1. The molecule has 0 bridgehead atoms. The van der Waals surface area contributed by atoms with Gasteiger partial charge in [-0.2, -0.15) is 0 Å². The van der Waals surface area contributed by atoms with Crippen LogP contribution in [-0.4, -0.2) is 28.6 Å². The van der Waals surface area contributed by atoms with Crippen LogP contribution in [0.25, 0.3) is 0 Å². The van der Waals surface area contributed by atoms with Crippen LogP contribution in [0.5, 0.6) is 0 Å². The van der Waals surface area contributed by atoms with Crippen molar-refractivity contribution in [3.05, 3.63) is 35.9 Å². The molecule has 1 aliphatic rings. The number of likely N-dealkylation sites (tertiary alicyclic amines) is 1. The second-order valence-electron chi connectivity index (χ2n) is 5.75. The summed E-state index contributed by atoms with van der Waals surface area (Å²) in [5.74, 6) is 0. The van der Waals surface area contributed by atoms with Crippen LogP contribution < -0.4 is 0 Å². The molecule has 3 atom stereocenters. The lowest BCUT2D eigenvalue weighted by molar-refractivity contribution is 0.0321.